The Kier molecular flexibility index (Phi) is 5.29. The first-order valence-corrected chi connectivity index (χ1v) is 6.67. The third-order valence-corrected chi connectivity index (χ3v) is 3.11. The highest BCUT2D eigenvalue weighted by Gasteiger charge is 2.06. The van der Waals surface area contributed by atoms with Crippen LogP contribution >= 0.6 is 0 Å². The molecular formula is C16H18N2O3. The third-order valence-electron chi connectivity index (χ3n) is 3.11. The minimum absolute atomic E-state index is 0.0426. The Morgan fingerprint density at radius 3 is 2.71 bits per heavy atom. The molecule has 0 aliphatic rings. The van der Waals surface area contributed by atoms with Gasteiger partial charge in [0, 0.05) is 25.4 Å². The minimum Gasteiger partial charge on any atom is -0.481 e. The molecule has 5 heteroatoms. The van der Waals surface area contributed by atoms with E-state index in [1.807, 2.05) is 36.4 Å². The standard InChI is InChI=1S/C16H18N2O3/c1-21-15-8-12(6-7-18-15)10-17-11-14-5-3-2-4-13(14)9-16(19)20/h2-8,17H,9-11H2,1H3,(H,19,20). The zero-order valence-corrected chi connectivity index (χ0v) is 11.9. The smallest absolute Gasteiger partial charge is 0.307 e. The van der Waals surface area contributed by atoms with Crippen molar-refractivity contribution in [1.82, 2.24) is 10.3 Å². The molecule has 0 saturated carbocycles. The molecule has 2 N–H and O–H groups in total. The number of aromatic nitrogens is 1. The molecular weight excluding hydrogens is 268 g/mol. The molecule has 1 heterocycles. The number of methoxy groups -OCH3 is 1. The highest BCUT2D eigenvalue weighted by atomic mass is 16.5. The van der Waals surface area contributed by atoms with Gasteiger partial charge in [-0.1, -0.05) is 24.3 Å². The Hall–Kier alpha value is -2.40. The molecule has 0 unspecified atom stereocenters. The van der Waals surface area contributed by atoms with E-state index in [0.717, 1.165) is 16.7 Å². The molecule has 1 aromatic heterocycles. The Labute approximate surface area is 123 Å². The number of aliphatic carboxylic acids is 1. The molecule has 0 spiro atoms. The van der Waals surface area contributed by atoms with Gasteiger partial charge in [0.1, 0.15) is 0 Å². The Morgan fingerprint density at radius 1 is 1.24 bits per heavy atom. The zero-order chi connectivity index (χ0) is 15.1. The van der Waals surface area contributed by atoms with Gasteiger partial charge in [-0.2, -0.15) is 0 Å². The lowest BCUT2D eigenvalue weighted by Crippen LogP contribution is -2.15. The minimum atomic E-state index is -0.818. The van der Waals surface area contributed by atoms with Crippen LogP contribution in [0.25, 0.3) is 0 Å². The van der Waals surface area contributed by atoms with Crippen LogP contribution < -0.4 is 10.1 Å². The highest BCUT2D eigenvalue weighted by Crippen LogP contribution is 2.11. The van der Waals surface area contributed by atoms with Gasteiger partial charge in [-0.05, 0) is 22.8 Å². The van der Waals surface area contributed by atoms with Crippen LogP contribution in [0.3, 0.4) is 0 Å². The number of carboxylic acid groups (broad SMARTS) is 1. The Morgan fingerprint density at radius 2 is 2.00 bits per heavy atom. The van der Waals surface area contributed by atoms with Crippen molar-refractivity contribution in [2.45, 2.75) is 19.5 Å². The fraction of sp³-hybridized carbons (Fsp3) is 0.250. The predicted molar refractivity (Wildman–Crippen MR) is 79.1 cm³/mol. The Balaban J connectivity index is 1.95. The van der Waals surface area contributed by atoms with Gasteiger partial charge in [0.15, 0.2) is 0 Å². The van der Waals surface area contributed by atoms with E-state index in [-0.39, 0.29) is 6.42 Å². The van der Waals surface area contributed by atoms with Crippen molar-refractivity contribution in [3.63, 3.8) is 0 Å². The number of rotatable bonds is 7. The number of benzene rings is 1. The number of hydrogen-bond donors (Lipinski definition) is 2. The number of nitrogens with zero attached hydrogens (tertiary/aromatic N) is 1. The molecule has 110 valence electrons. The van der Waals surface area contributed by atoms with Crippen LogP contribution in [-0.4, -0.2) is 23.2 Å². The van der Waals surface area contributed by atoms with Crippen LogP contribution in [0.1, 0.15) is 16.7 Å². The summed E-state index contributed by atoms with van der Waals surface area (Å²) in [5.41, 5.74) is 2.91. The summed E-state index contributed by atoms with van der Waals surface area (Å²) in [6.07, 6.45) is 1.75. The number of pyridine rings is 1. The van der Waals surface area contributed by atoms with Gasteiger partial charge in [0.2, 0.25) is 5.88 Å². The van der Waals surface area contributed by atoms with E-state index in [0.29, 0.717) is 19.0 Å². The van der Waals surface area contributed by atoms with Gasteiger partial charge in [-0.3, -0.25) is 4.79 Å². The van der Waals surface area contributed by atoms with Gasteiger partial charge < -0.3 is 15.2 Å². The Bertz CT molecular complexity index is 614. The van der Waals surface area contributed by atoms with E-state index in [1.165, 1.54) is 0 Å². The zero-order valence-electron chi connectivity index (χ0n) is 11.9. The van der Waals surface area contributed by atoms with E-state index in [1.54, 1.807) is 13.3 Å². The molecule has 5 nitrogen and oxygen atoms in total. The van der Waals surface area contributed by atoms with Gasteiger partial charge >= 0.3 is 5.97 Å². The van der Waals surface area contributed by atoms with Crippen molar-refractivity contribution in [3.05, 3.63) is 59.3 Å². The van der Waals surface area contributed by atoms with E-state index in [4.69, 9.17) is 9.84 Å². The molecule has 0 aliphatic carbocycles. The average Bonchev–Trinajstić information content (AvgIpc) is 2.49. The quantitative estimate of drug-likeness (QED) is 0.814. The monoisotopic (exact) mass is 286 g/mol. The number of carboxylic acids is 1. The van der Waals surface area contributed by atoms with Crippen molar-refractivity contribution in [2.75, 3.05) is 7.11 Å². The molecule has 21 heavy (non-hydrogen) atoms. The summed E-state index contributed by atoms with van der Waals surface area (Å²) in [5.74, 6) is -0.234. The maximum atomic E-state index is 10.8. The number of carbonyl (C=O) groups is 1. The first-order chi connectivity index (χ1) is 10.2. The lowest BCUT2D eigenvalue weighted by atomic mass is 10.0. The summed E-state index contributed by atoms with van der Waals surface area (Å²) in [6, 6.07) is 11.3. The SMILES string of the molecule is COc1cc(CNCc2ccccc2CC(=O)O)ccn1. The summed E-state index contributed by atoms with van der Waals surface area (Å²) in [4.78, 5) is 14.9. The van der Waals surface area contributed by atoms with E-state index >= 15 is 0 Å². The molecule has 0 fully saturated rings. The van der Waals surface area contributed by atoms with Crippen LogP contribution in [0.2, 0.25) is 0 Å². The van der Waals surface area contributed by atoms with Crippen LogP contribution in [0.15, 0.2) is 42.6 Å². The first-order valence-electron chi connectivity index (χ1n) is 6.67. The van der Waals surface area contributed by atoms with E-state index < -0.39 is 5.97 Å². The van der Waals surface area contributed by atoms with Crippen LogP contribution in [0.4, 0.5) is 0 Å². The summed E-state index contributed by atoms with van der Waals surface area (Å²) in [6.45, 7) is 1.29. The molecule has 2 rings (SSSR count). The summed E-state index contributed by atoms with van der Waals surface area (Å²) < 4.78 is 5.08. The molecule has 0 saturated heterocycles. The summed E-state index contributed by atoms with van der Waals surface area (Å²) in [5, 5.41) is 12.2. The lowest BCUT2D eigenvalue weighted by Gasteiger charge is -2.09. The van der Waals surface area contributed by atoms with Crippen LogP contribution in [-0.2, 0) is 24.3 Å². The largest absolute Gasteiger partial charge is 0.481 e. The van der Waals surface area contributed by atoms with Gasteiger partial charge in [-0.25, -0.2) is 4.98 Å². The number of ether oxygens (including phenoxy) is 1. The second-order valence-corrected chi connectivity index (χ2v) is 4.65. The topological polar surface area (TPSA) is 71.5 Å². The van der Waals surface area contributed by atoms with Crippen LogP contribution in [0.5, 0.6) is 5.88 Å². The fourth-order valence-electron chi connectivity index (χ4n) is 2.08. The average molecular weight is 286 g/mol. The van der Waals surface area contributed by atoms with Gasteiger partial charge in [0.25, 0.3) is 0 Å². The molecule has 2 aromatic rings. The summed E-state index contributed by atoms with van der Waals surface area (Å²) >= 11 is 0. The van der Waals surface area contributed by atoms with Crippen molar-refractivity contribution < 1.29 is 14.6 Å². The lowest BCUT2D eigenvalue weighted by molar-refractivity contribution is -0.136. The second kappa shape index (κ2) is 7.40. The molecule has 0 bridgehead atoms. The van der Waals surface area contributed by atoms with Gasteiger partial charge in [-0.15, -0.1) is 0 Å². The fourth-order valence-corrected chi connectivity index (χ4v) is 2.08. The molecule has 0 aliphatic heterocycles. The predicted octanol–water partition coefficient (Wildman–Crippen LogP) is 2.01. The van der Waals surface area contributed by atoms with Crippen molar-refractivity contribution in [2.24, 2.45) is 0 Å². The number of hydrogen-bond acceptors (Lipinski definition) is 4. The molecule has 0 radical (unpaired) electrons. The molecule has 0 atom stereocenters. The molecule has 1 aromatic carbocycles. The van der Waals surface area contributed by atoms with Crippen molar-refractivity contribution >= 4 is 5.97 Å². The second-order valence-electron chi connectivity index (χ2n) is 4.65. The van der Waals surface area contributed by atoms with Crippen LogP contribution in [0, 0.1) is 0 Å². The highest BCUT2D eigenvalue weighted by molar-refractivity contribution is 5.70. The third kappa shape index (κ3) is 4.57. The maximum absolute atomic E-state index is 10.8. The van der Waals surface area contributed by atoms with Gasteiger partial charge in [0.05, 0.1) is 13.5 Å². The van der Waals surface area contributed by atoms with Crippen molar-refractivity contribution in [3.8, 4) is 5.88 Å². The van der Waals surface area contributed by atoms with E-state index in [9.17, 15) is 4.79 Å². The normalized spacial score (nSPS) is 10.3. The maximum Gasteiger partial charge on any atom is 0.307 e. The summed E-state index contributed by atoms with van der Waals surface area (Å²) in [7, 11) is 1.59. The van der Waals surface area contributed by atoms with E-state index in [2.05, 4.69) is 10.3 Å². The van der Waals surface area contributed by atoms with Crippen molar-refractivity contribution in [1.29, 1.82) is 0 Å². The first kappa shape index (κ1) is 15.0. The number of nitrogens with one attached hydrogen (secondary N) is 1. The molecule has 0 amide bonds.